The van der Waals surface area contributed by atoms with Crippen LogP contribution in [0, 0.1) is 5.82 Å². The summed E-state index contributed by atoms with van der Waals surface area (Å²) in [7, 11) is 0. The molecule has 1 atom stereocenters. The van der Waals surface area contributed by atoms with Gasteiger partial charge in [-0.3, -0.25) is 4.90 Å². The van der Waals surface area contributed by atoms with Crippen LogP contribution in [0.3, 0.4) is 0 Å². The molecule has 1 aliphatic heterocycles. The van der Waals surface area contributed by atoms with Crippen LogP contribution in [-0.4, -0.2) is 36.7 Å². The zero-order valence-electron chi connectivity index (χ0n) is 11.0. The molecule has 100 valence electrons. The molecule has 2 rings (SSSR count). The van der Waals surface area contributed by atoms with Crippen LogP contribution in [0.15, 0.2) is 24.3 Å². The molecule has 3 nitrogen and oxygen atoms in total. The Hall–Kier alpha value is -0.970. The van der Waals surface area contributed by atoms with E-state index >= 15 is 0 Å². The van der Waals surface area contributed by atoms with Gasteiger partial charge in [0.25, 0.3) is 0 Å². The van der Waals surface area contributed by atoms with E-state index < -0.39 is 0 Å². The molecule has 0 saturated carbocycles. The van der Waals surface area contributed by atoms with E-state index in [0.29, 0.717) is 0 Å². The van der Waals surface area contributed by atoms with E-state index in [2.05, 4.69) is 18.7 Å². The molecule has 1 aromatic carbocycles. The topological polar surface area (TPSA) is 38.5 Å². The van der Waals surface area contributed by atoms with Crippen LogP contribution < -0.4 is 5.73 Å². The number of hydrogen-bond donors (Lipinski definition) is 1. The van der Waals surface area contributed by atoms with Gasteiger partial charge in [0, 0.05) is 24.7 Å². The number of hydrogen-bond acceptors (Lipinski definition) is 3. The molecule has 1 fully saturated rings. The minimum Gasteiger partial charge on any atom is -0.379 e. The summed E-state index contributed by atoms with van der Waals surface area (Å²) >= 11 is 0. The van der Waals surface area contributed by atoms with Crippen LogP contribution in [-0.2, 0) is 4.74 Å². The second-order valence-corrected chi connectivity index (χ2v) is 5.29. The second-order valence-electron chi connectivity index (χ2n) is 5.29. The standard InChI is InChI=1S/C14H21FN2O/c1-14(2,17-6-8-18-9-7-17)13(16)11-4-3-5-12(15)10-11/h3-5,10,13H,6-9,16H2,1-2H3. The fourth-order valence-electron chi connectivity index (χ4n) is 2.44. The number of nitrogens with two attached hydrogens (primary N) is 1. The number of morpholine rings is 1. The molecule has 0 spiro atoms. The molecule has 1 unspecified atom stereocenters. The molecule has 4 heteroatoms. The fourth-order valence-corrected chi connectivity index (χ4v) is 2.44. The smallest absolute Gasteiger partial charge is 0.123 e. The Kier molecular flexibility index (Phi) is 4.00. The Morgan fingerprint density at radius 1 is 1.33 bits per heavy atom. The number of nitrogens with zero attached hydrogens (tertiary/aromatic N) is 1. The lowest BCUT2D eigenvalue weighted by Gasteiger charge is -2.44. The third-order valence-electron chi connectivity index (χ3n) is 3.79. The van der Waals surface area contributed by atoms with Crippen LogP contribution in [0.1, 0.15) is 25.5 Å². The monoisotopic (exact) mass is 252 g/mol. The minimum absolute atomic E-state index is 0.211. The van der Waals surface area contributed by atoms with Gasteiger partial charge in [0.1, 0.15) is 5.82 Å². The Balaban J connectivity index is 2.17. The maximum absolute atomic E-state index is 13.3. The largest absolute Gasteiger partial charge is 0.379 e. The van der Waals surface area contributed by atoms with Crippen LogP contribution in [0.25, 0.3) is 0 Å². The Morgan fingerprint density at radius 3 is 2.61 bits per heavy atom. The van der Waals surface area contributed by atoms with Gasteiger partial charge >= 0.3 is 0 Å². The SMILES string of the molecule is CC(C)(C(N)c1cccc(F)c1)N1CCOCC1. The lowest BCUT2D eigenvalue weighted by atomic mass is 9.87. The average molecular weight is 252 g/mol. The lowest BCUT2D eigenvalue weighted by Crippen LogP contribution is -2.55. The van der Waals surface area contributed by atoms with E-state index in [1.807, 2.05) is 6.07 Å². The van der Waals surface area contributed by atoms with Crippen molar-refractivity contribution in [3.63, 3.8) is 0 Å². The van der Waals surface area contributed by atoms with E-state index in [-0.39, 0.29) is 17.4 Å². The highest BCUT2D eigenvalue weighted by Gasteiger charge is 2.35. The normalized spacial score (nSPS) is 19.8. The molecule has 1 aliphatic rings. The first-order valence-corrected chi connectivity index (χ1v) is 6.35. The van der Waals surface area contributed by atoms with Gasteiger partial charge in [-0.1, -0.05) is 12.1 Å². The van der Waals surface area contributed by atoms with Crippen molar-refractivity contribution in [3.05, 3.63) is 35.6 Å². The van der Waals surface area contributed by atoms with Gasteiger partial charge in [0.05, 0.1) is 13.2 Å². The van der Waals surface area contributed by atoms with Crippen molar-refractivity contribution in [1.82, 2.24) is 4.90 Å². The molecule has 1 aromatic rings. The van der Waals surface area contributed by atoms with Gasteiger partial charge in [0.15, 0.2) is 0 Å². The van der Waals surface area contributed by atoms with Gasteiger partial charge in [0.2, 0.25) is 0 Å². The first kappa shape index (κ1) is 13.5. The average Bonchev–Trinajstić information content (AvgIpc) is 2.39. The third-order valence-corrected chi connectivity index (χ3v) is 3.79. The van der Waals surface area contributed by atoms with Gasteiger partial charge in [-0.05, 0) is 31.5 Å². The van der Waals surface area contributed by atoms with E-state index in [1.165, 1.54) is 12.1 Å². The van der Waals surface area contributed by atoms with Crippen LogP contribution in [0.2, 0.25) is 0 Å². The van der Waals surface area contributed by atoms with E-state index in [0.717, 1.165) is 31.9 Å². The summed E-state index contributed by atoms with van der Waals surface area (Å²) in [4.78, 5) is 2.31. The third kappa shape index (κ3) is 2.71. The van der Waals surface area contributed by atoms with Crippen molar-refractivity contribution < 1.29 is 9.13 Å². The number of benzene rings is 1. The Bertz CT molecular complexity index is 403. The first-order valence-electron chi connectivity index (χ1n) is 6.35. The van der Waals surface area contributed by atoms with Crippen molar-refractivity contribution in [3.8, 4) is 0 Å². The van der Waals surface area contributed by atoms with E-state index in [9.17, 15) is 4.39 Å². The summed E-state index contributed by atoms with van der Waals surface area (Å²) in [5, 5.41) is 0. The molecule has 1 saturated heterocycles. The summed E-state index contributed by atoms with van der Waals surface area (Å²) in [6, 6.07) is 6.34. The zero-order valence-corrected chi connectivity index (χ0v) is 11.0. The summed E-state index contributed by atoms with van der Waals surface area (Å²) in [6.07, 6.45) is 0. The van der Waals surface area contributed by atoms with Crippen molar-refractivity contribution >= 4 is 0 Å². The maximum Gasteiger partial charge on any atom is 0.123 e. The van der Waals surface area contributed by atoms with E-state index in [1.54, 1.807) is 6.07 Å². The highest BCUT2D eigenvalue weighted by atomic mass is 19.1. The molecule has 0 aliphatic carbocycles. The Morgan fingerprint density at radius 2 is 2.00 bits per heavy atom. The molecular weight excluding hydrogens is 231 g/mol. The summed E-state index contributed by atoms with van der Waals surface area (Å²) in [5.74, 6) is -0.235. The highest BCUT2D eigenvalue weighted by Crippen LogP contribution is 2.29. The number of rotatable bonds is 3. The van der Waals surface area contributed by atoms with E-state index in [4.69, 9.17) is 10.5 Å². The van der Waals surface area contributed by atoms with Crippen molar-refractivity contribution in [1.29, 1.82) is 0 Å². The Labute approximate surface area is 108 Å². The van der Waals surface area contributed by atoms with Gasteiger partial charge in [-0.2, -0.15) is 0 Å². The lowest BCUT2D eigenvalue weighted by molar-refractivity contribution is -0.0190. The second kappa shape index (κ2) is 5.34. The molecule has 0 aromatic heterocycles. The fraction of sp³-hybridized carbons (Fsp3) is 0.571. The van der Waals surface area contributed by atoms with Crippen molar-refractivity contribution in [2.24, 2.45) is 5.73 Å². The van der Waals surface area contributed by atoms with Crippen LogP contribution >= 0.6 is 0 Å². The van der Waals surface area contributed by atoms with Gasteiger partial charge in [-0.15, -0.1) is 0 Å². The molecule has 2 N–H and O–H groups in total. The molecule has 1 heterocycles. The molecule has 18 heavy (non-hydrogen) atoms. The summed E-state index contributed by atoms with van der Waals surface area (Å²) in [6.45, 7) is 7.42. The number of halogens is 1. The maximum atomic E-state index is 13.3. The first-order chi connectivity index (χ1) is 8.51. The summed E-state index contributed by atoms with van der Waals surface area (Å²) in [5.41, 5.74) is 6.95. The molecule has 0 radical (unpaired) electrons. The van der Waals surface area contributed by atoms with Crippen molar-refractivity contribution in [2.75, 3.05) is 26.3 Å². The zero-order chi connectivity index (χ0) is 13.2. The van der Waals surface area contributed by atoms with Gasteiger partial charge < -0.3 is 10.5 Å². The van der Waals surface area contributed by atoms with Crippen LogP contribution in [0.5, 0.6) is 0 Å². The van der Waals surface area contributed by atoms with Crippen molar-refractivity contribution in [2.45, 2.75) is 25.4 Å². The number of ether oxygens (including phenoxy) is 1. The minimum atomic E-state index is -0.235. The highest BCUT2D eigenvalue weighted by molar-refractivity contribution is 5.23. The molecule has 0 bridgehead atoms. The molecule has 0 amide bonds. The summed E-state index contributed by atoms with van der Waals surface area (Å²) < 4.78 is 18.6. The predicted octanol–water partition coefficient (Wildman–Crippen LogP) is 1.94. The van der Waals surface area contributed by atoms with Crippen LogP contribution in [0.4, 0.5) is 4.39 Å². The quantitative estimate of drug-likeness (QED) is 0.893. The predicted molar refractivity (Wildman–Crippen MR) is 69.8 cm³/mol. The van der Waals surface area contributed by atoms with Gasteiger partial charge in [-0.25, -0.2) is 4.39 Å². The molecular formula is C14H21FN2O.